The number of nitriles is 1. The van der Waals surface area contributed by atoms with E-state index in [2.05, 4.69) is 15.6 Å². The molecule has 5 nitrogen and oxygen atoms in total. The van der Waals surface area contributed by atoms with E-state index in [1.165, 1.54) is 11.8 Å². The first kappa shape index (κ1) is 17.4. The van der Waals surface area contributed by atoms with Crippen molar-refractivity contribution in [3.8, 4) is 6.07 Å². The van der Waals surface area contributed by atoms with Crippen LogP contribution in [-0.2, 0) is 4.79 Å². The van der Waals surface area contributed by atoms with Crippen LogP contribution in [0.3, 0.4) is 0 Å². The molecule has 27 heavy (non-hydrogen) atoms. The number of halogens is 1. The van der Waals surface area contributed by atoms with Crippen LogP contribution in [0.5, 0.6) is 0 Å². The molecule has 0 aromatic heterocycles. The van der Waals surface area contributed by atoms with Crippen molar-refractivity contribution in [1.82, 2.24) is 0 Å². The summed E-state index contributed by atoms with van der Waals surface area (Å²) in [5.41, 5.74) is 2.63. The first-order chi connectivity index (χ1) is 13.1. The average Bonchev–Trinajstić information content (AvgIpc) is 2.67. The molecular weight excluding hydrogens is 380 g/mol. The first-order valence-corrected chi connectivity index (χ1v) is 9.50. The summed E-state index contributed by atoms with van der Waals surface area (Å²) in [5.74, 6) is -0.0817. The van der Waals surface area contributed by atoms with Gasteiger partial charge in [0, 0.05) is 10.4 Å². The Bertz CT molecular complexity index is 1130. The fourth-order valence-corrected chi connectivity index (χ4v) is 3.73. The third kappa shape index (κ3) is 3.61. The normalized spacial score (nSPS) is 12.1. The lowest BCUT2D eigenvalue weighted by molar-refractivity contribution is -0.113. The molecule has 0 saturated carbocycles. The summed E-state index contributed by atoms with van der Waals surface area (Å²) < 4.78 is 0. The van der Waals surface area contributed by atoms with Gasteiger partial charge in [-0.15, -0.1) is 0 Å². The second kappa shape index (κ2) is 7.31. The average molecular weight is 393 g/mol. The maximum atomic E-state index is 12.3. The third-order valence-corrected chi connectivity index (χ3v) is 5.17. The molecule has 0 unspecified atom stereocenters. The number of amides is 1. The van der Waals surface area contributed by atoms with Crippen LogP contribution in [-0.4, -0.2) is 16.8 Å². The molecule has 0 saturated heterocycles. The predicted octanol–water partition coefficient (Wildman–Crippen LogP) is 5.15. The number of aliphatic imine (C=N–C) groups is 1. The van der Waals surface area contributed by atoms with E-state index in [9.17, 15) is 4.79 Å². The number of benzene rings is 3. The van der Waals surface area contributed by atoms with E-state index in [-0.39, 0.29) is 11.7 Å². The van der Waals surface area contributed by atoms with Gasteiger partial charge in [0.1, 0.15) is 6.07 Å². The van der Waals surface area contributed by atoms with Gasteiger partial charge in [0.15, 0.2) is 5.17 Å². The summed E-state index contributed by atoms with van der Waals surface area (Å²) in [5, 5.41) is 18.5. The highest BCUT2D eigenvalue weighted by molar-refractivity contribution is 8.14. The maximum absolute atomic E-state index is 12.3. The molecule has 0 fully saturated rings. The molecule has 0 spiro atoms. The Kier molecular flexibility index (Phi) is 4.71. The van der Waals surface area contributed by atoms with E-state index < -0.39 is 0 Å². The molecule has 3 aromatic carbocycles. The van der Waals surface area contributed by atoms with E-state index in [4.69, 9.17) is 16.9 Å². The number of rotatable bonds is 3. The monoisotopic (exact) mass is 392 g/mol. The Labute approximate surface area is 165 Å². The molecule has 0 bridgehead atoms. The molecule has 0 atom stereocenters. The fourth-order valence-electron chi connectivity index (χ4n) is 2.88. The Morgan fingerprint density at radius 3 is 2.85 bits per heavy atom. The predicted molar refractivity (Wildman–Crippen MR) is 112 cm³/mol. The smallest absolute Gasteiger partial charge is 0.234 e. The number of carbonyl (C=O) groups is 1. The van der Waals surface area contributed by atoms with E-state index in [1.807, 2.05) is 42.5 Å². The molecule has 1 aliphatic heterocycles. The van der Waals surface area contributed by atoms with Crippen LogP contribution in [0.2, 0.25) is 5.02 Å². The highest BCUT2D eigenvalue weighted by atomic mass is 35.5. The minimum atomic E-state index is -0.236. The Hall–Kier alpha value is -3.01. The standard InChI is InChI=1S/C20H13ClN4OS/c21-14-8-7-13(10-22)17(9-14)23-18(26)11-27-20-24-15-5-1-3-12-4-2-6-16(25-20)19(12)15/h1-9H,11H2,(H,23,26)(H,24,25). The number of hydrogen-bond acceptors (Lipinski definition) is 5. The maximum Gasteiger partial charge on any atom is 0.234 e. The van der Waals surface area contributed by atoms with Crippen LogP contribution in [0.15, 0.2) is 59.6 Å². The molecule has 132 valence electrons. The zero-order chi connectivity index (χ0) is 18.8. The quantitative estimate of drug-likeness (QED) is 0.646. The lowest BCUT2D eigenvalue weighted by Gasteiger charge is -2.18. The molecule has 1 aliphatic rings. The van der Waals surface area contributed by atoms with Gasteiger partial charge < -0.3 is 10.6 Å². The number of thioether (sulfide) groups is 1. The molecular formula is C20H13ClN4OS. The van der Waals surface area contributed by atoms with Crippen molar-refractivity contribution in [1.29, 1.82) is 5.26 Å². The SMILES string of the molecule is N#Cc1ccc(Cl)cc1NC(=O)CSC1=Nc2cccc3cccc(c23)N1. The summed E-state index contributed by atoms with van der Waals surface area (Å²) in [7, 11) is 0. The molecule has 3 aromatic rings. The molecule has 2 N–H and O–H groups in total. The number of amidine groups is 1. The Morgan fingerprint density at radius 1 is 1.22 bits per heavy atom. The molecule has 1 heterocycles. The van der Waals surface area contributed by atoms with Gasteiger partial charge in [0.05, 0.1) is 28.4 Å². The van der Waals surface area contributed by atoms with Crippen molar-refractivity contribution in [2.45, 2.75) is 0 Å². The third-order valence-electron chi connectivity index (χ3n) is 4.06. The molecule has 0 aliphatic carbocycles. The van der Waals surface area contributed by atoms with Gasteiger partial charge >= 0.3 is 0 Å². The van der Waals surface area contributed by atoms with Crippen LogP contribution in [0.4, 0.5) is 17.1 Å². The number of nitrogens with one attached hydrogen (secondary N) is 2. The largest absolute Gasteiger partial charge is 0.334 e. The van der Waals surface area contributed by atoms with Crippen LogP contribution in [0.25, 0.3) is 10.8 Å². The van der Waals surface area contributed by atoms with Crippen LogP contribution in [0.1, 0.15) is 5.56 Å². The van der Waals surface area contributed by atoms with Gasteiger partial charge in [0.2, 0.25) is 5.91 Å². The minimum absolute atomic E-state index is 0.154. The van der Waals surface area contributed by atoms with Gasteiger partial charge in [-0.2, -0.15) is 5.26 Å². The number of nitrogens with zero attached hydrogens (tertiary/aromatic N) is 2. The highest BCUT2D eigenvalue weighted by Gasteiger charge is 2.16. The molecule has 4 rings (SSSR count). The summed E-state index contributed by atoms with van der Waals surface area (Å²) in [6.45, 7) is 0. The molecule has 1 amide bonds. The second-order valence-corrected chi connectivity index (χ2v) is 7.26. The topological polar surface area (TPSA) is 77.3 Å². The van der Waals surface area contributed by atoms with Crippen molar-refractivity contribution in [3.63, 3.8) is 0 Å². The number of anilines is 2. The summed E-state index contributed by atoms with van der Waals surface area (Å²) >= 11 is 7.25. The van der Waals surface area contributed by atoms with Crippen molar-refractivity contribution in [3.05, 3.63) is 65.2 Å². The van der Waals surface area contributed by atoms with Crippen molar-refractivity contribution < 1.29 is 4.79 Å². The zero-order valence-corrected chi connectivity index (χ0v) is 15.6. The number of hydrogen-bond donors (Lipinski definition) is 2. The van der Waals surface area contributed by atoms with Gasteiger partial charge in [-0.05, 0) is 35.7 Å². The Morgan fingerprint density at radius 2 is 2.04 bits per heavy atom. The van der Waals surface area contributed by atoms with Gasteiger partial charge in [0.25, 0.3) is 0 Å². The Balaban J connectivity index is 1.48. The van der Waals surface area contributed by atoms with Gasteiger partial charge in [-0.3, -0.25) is 4.79 Å². The van der Waals surface area contributed by atoms with E-state index in [0.29, 0.717) is 21.4 Å². The van der Waals surface area contributed by atoms with E-state index >= 15 is 0 Å². The first-order valence-electron chi connectivity index (χ1n) is 8.14. The lowest BCUT2D eigenvalue weighted by Crippen LogP contribution is -2.19. The zero-order valence-electron chi connectivity index (χ0n) is 14.0. The fraction of sp³-hybridized carbons (Fsp3) is 0.0500. The van der Waals surface area contributed by atoms with Crippen molar-refractivity contribution in [2.75, 3.05) is 16.4 Å². The minimum Gasteiger partial charge on any atom is -0.334 e. The highest BCUT2D eigenvalue weighted by Crippen LogP contribution is 2.36. The molecule has 7 heteroatoms. The van der Waals surface area contributed by atoms with Crippen LogP contribution >= 0.6 is 23.4 Å². The van der Waals surface area contributed by atoms with Crippen molar-refractivity contribution >= 4 is 62.3 Å². The lowest BCUT2D eigenvalue weighted by atomic mass is 10.1. The van der Waals surface area contributed by atoms with Gasteiger partial charge in [-0.1, -0.05) is 47.6 Å². The summed E-state index contributed by atoms with van der Waals surface area (Å²) in [4.78, 5) is 16.9. The van der Waals surface area contributed by atoms with Crippen LogP contribution in [0, 0.1) is 11.3 Å². The van der Waals surface area contributed by atoms with Crippen LogP contribution < -0.4 is 10.6 Å². The van der Waals surface area contributed by atoms with E-state index in [1.54, 1.807) is 18.2 Å². The van der Waals surface area contributed by atoms with Crippen molar-refractivity contribution in [2.24, 2.45) is 4.99 Å². The van der Waals surface area contributed by atoms with E-state index in [0.717, 1.165) is 22.1 Å². The van der Waals surface area contributed by atoms with Gasteiger partial charge in [-0.25, -0.2) is 4.99 Å². The summed E-state index contributed by atoms with van der Waals surface area (Å²) in [6.07, 6.45) is 0. The number of carbonyl (C=O) groups excluding carboxylic acids is 1. The second-order valence-electron chi connectivity index (χ2n) is 5.86. The summed E-state index contributed by atoms with van der Waals surface area (Å²) in [6, 6.07) is 18.8. The molecule has 0 radical (unpaired) electrons.